The minimum Gasteiger partial charge on any atom is -0.494 e. The second-order valence-corrected chi connectivity index (χ2v) is 7.31. The third kappa shape index (κ3) is 6.65. The van der Waals surface area contributed by atoms with Crippen LogP contribution in [0.2, 0.25) is 0 Å². The summed E-state index contributed by atoms with van der Waals surface area (Å²) in [5.41, 5.74) is 0.981. The van der Waals surface area contributed by atoms with E-state index in [0.717, 1.165) is 42.8 Å². The van der Waals surface area contributed by atoms with Gasteiger partial charge in [-0.3, -0.25) is 0 Å². The number of rotatable bonds is 7. The van der Waals surface area contributed by atoms with Gasteiger partial charge in [-0.25, -0.2) is 0 Å². The molecule has 0 unspecified atom stereocenters. The number of nitrogens with zero attached hydrogens (tertiary/aromatic N) is 1. The molecule has 0 radical (unpaired) electrons. The highest BCUT2D eigenvalue weighted by molar-refractivity contribution is 7.80. The molecule has 1 aliphatic heterocycles. The number of thiocarbonyl (C=S) groups is 1. The highest BCUT2D eigenvalue weighted by Gasteiger charge is 2.20. The zero-order valence-corrected chi connectivity index (χ0v) is 16.0. The standard InChI is InChI=1S/C19H31N3OS/c1-4-23-18-8-6-17(7-9-18)21-19(24)20-10-5-11-22-13-15(2)12-16(3)14-22/h6-9,15-16H,4-5,10-14H2,1-3H3,(H2,20,21,24)/t15-,16-/m0/s1. The molecule has 1 fully saturated rings. The van der Waals surface area contributed by atoms with Crippen LogP contribution < -0.4 is 15.4 Å². The van der Waals surface area contributed by atoms with Crippen molar-refractivity contribution in [2.45, 2.75) is 33.6 Å². The molecule has 2 N–H and O–H groups in total. The zero-order valence-electron chi connectivity index (χ0n) is 15.2. The predicted octanol–water partition coefficient (Wildman–Crippen LogP) is 3.74. The van der Waals surface area contributed by atoms with Gasteiger partial charge in [0, 0.05) is 25.3 Å². The van der Waals surface area contributed by atoms with Crippen LogP contribution in [0.3, 0.4) is 0 Å². The predicted molar refractivity (Wildman–Crippen MR) is 106 cm³/mol. The molecule has 0 aromatic heterocycles. The number of hydrogen-bond acceptors (Lipinski definition) is 3. The lowest BCUT2D eigenvalue weighted by Gasteiger charge is -2.34. The summed E-state index contributed by atoms with van der Waals surface area (Å²) < 4.78 is 5.44. The van der Waals surface area contributed by atoms with Gasteiger partial charge in [0.2, 0.25) is 0 Å². The van der Waals surface area contributed by atoms with Crippen molar-refractivity contribution in [3.05, 3.63) is 24.3 Å². The van der Waals surface area contributed by atoms with Gasteiger partial charge in [-0.1, -0.05) is 13.8 Å². The summed E-state index contributed by atoms with van der Waals surface area (Å²) in [6.07, 6.45) is 2.48. The van der Waals surface area contributed by atoms with Crippen LogP contribution in [0.1, 0.15) is 33.6 Å². The molecular weight excluding hydrogens is 318 g/mol. The molecule has 4 nitrogen and oxygen atoms in total. The SMILES string of the molecule is CCOc1ccc(NC(=S)NCCCN2C[C@@H](C)C[C@H](C)C2)cc1. The molecule has 134 valence electrons. The summed E-state index contributed by atoms with van der Waals surface area (Å²) in [6, 6.07) is 7.87. The molecule has 2 atom stereocenters. The fourth-order valence-electron chi connectivity index (χ4n) is 3.46. The third-order valence-corrected chi connectivity index (χ3v) is 4.55. The molecule has 0 saturated carbocycles. The number of anilines is 1. The normalized spacial score (nSPS) is 21.3. The molecule has 1 aliphatic rings. The van der Waals surface area contributed by atoms with Gasteiger partial charge < -0.3 is 20.3 Å². The molecule has 5 heteroatoms. The summed E-state index contributed by atoms with van der Waals surface area (Å²) in [5, 5.41) is 7.19. The fraction of sp³-hybridized carbons (Fsp3) is 0.632. The Hall–Kier alpha value is -1.33. The van der Waals surface area contributed by atoms with Gasteiger partial charge in [-0.2, -0.15) is 0 Å². The first-order chi connectivity index (χ1) is 11.6. The Bertz CT molecular complexity index is 496. The lowest BCUT2D eigenvalue weighted by Crippen LogP contribution is -2.40. The van der Waals surface area contributed by atoms with Crippen LogP contribution in [0.25, 0.3) is 0 Å². The van der Waals surface area contributed by atoms with E-state index >= 15 is 0 Å². The Labute approximate surface area is 152 Å². The quantitative estimate of drug-likeness (QED) is 0.579. The van der Waals surface area contributed by atoms with Crippen LogP contribution in [-0.2, 0) is 0 Å². The Morgan fingerprint density at radius 1 is 1.21 bits per heavy atom. The molecule has 1 aromatic carbocycles. The second kappa shape index (κ2) is 9.84. The molecular formula is C19H31N3OS. The monoisotopic (exact) mass is 349 g/mol. The van der Waals surface area contributed by atoms with Gasteiger partial charge in [0.1, 0.15) is 5.75 Å². The van der Waals surface area contributed by atoms with Crippen molar-refractivity contribution in [2.24, 2.45) is 11.8 Å². The van der Waals surface area contributed by atoms with E-state index in [1.165, 1.54) is 19.5 Å². The van der Waals surface area contributed by atoms with Gasteiger partial charge in [0.05, 0.1) is 6.61 Å². The maximum Gasteiger partial charge on any atom is 0.170 e. The first kappa shape index (κ1) is 19.0. The number of likely N-dealkylation sites (tertiary alicyclic amines) is 1. The van der Waals surface area contributed by atoms with Crippen LogP contribution in [0.4, 0.5) is 5.69 Å². The molecule has 0 spiro atoms. The van der Waals surface area contributed by atoms with E-state index in [9.17, 15) is 0 Å². The molecule has 0 aliphatic carbocycles. The average Bonchev–Trinajstić information content (AvgIpc) is 2.53. The van der Waals surface area contributed by atoms with Crippen molar-refractivity contribution in [2.75, 3.05) is 38.1 Å². The lowest BCUT2D eigenvalue weighted by molar-refractivity contribution is 0.140. The largest absolute Gasteiger partial charge is 0.494 e. The van der Waals surface area contributed by atoms with Gasteiger partial charge in [-0.15, -0.1) is 0 Å². The van der Waals surface area contributed by atoms with Crippen molar-refractivity contribution in [1.29, 1.82) is 0 Å². The maximum atomic E-state index is 5.44. The van der Waals surface area contributed by atoms with Crippen molar-refractivity contribution in [1.82, 2.24) is 10.2 Å². The molecule has 1 heterocycles. The summed E-state index contributed by atoms with van der Waals surface area (Å²) in [4.78, 5) is 2.59. The minimum atomic E-state index is 0.680. The van der Waals surface area contributed by atoms with Gasteiger partial charge in [0.15, 0.2) is 5.11 Å². The van der Waals surface area contributed by atoms with Crippen LogP contribution in [0.15, 0.2) is 24.3 Å². The summed E-state index contributed by atoms with van der Waals surface area (Å²) in [5.74, 6) is 2.53. The maximum absolute atomic E-state index is 5.44. The summed E-state index contributed by atoms with van der Waals surface area (Å²) >= 11 is 5.36. The van der Waals surface area contributed by atoms with Crippen molar-refractivity contribution in [3.63, 3.8) is 0 Å². The Balaban J connectivity index is 1.62. The smallest absolute Gasteiger partial charge is 0.170 e. The summed E-state index contributed by atoms with van der Waals surface area (Å²) in [6.45, 7) is 11.9. The Kier molecular flexibility index (Phi) is 7.79. The highest BCUT2D eigenvalue weighted by atomic mass is 32.1. The van der Waals surface area contributed by atoms with Gasteiger partial charge >= 0.3 is 0 Å². The first-order valence-corrected chi connectivity index (χ1v) is 9.47. The lowest BCUT2D eigenvalue weighted by atomic mass is 9.92. The van der Waals surface area contributed by atoms with Gasteiger partial charge in [-0.05, 0) is 74.6 Å². The van der Waals surface area contributed by atoms with Crippen LogP contribution in [-0.4, -0.2) is 42.8 Å². The first-order valence-electron chi connectivity index (χ1n) is 9.07. The van der Waals surface area contributed by atoms with E-state index in [0.29, 0.717) is 11.7 Å². The highest BCUT2D eigenvalue weighted by Crippen LogP contribution is 2.20. The second-order valence-electron chi connectivity index (χ2n) is 6.90. The average molecular weight is 350 g/mol. The van der Waals surface area contributed by atoms with E-state index in [1.807, 2.05) is 31.2 Å². The molecule has 2 rings (SSSR count). The number of piperidine rings is 1. The Morgan fingerprint density at radius 2 is 1.88 bits per heavy atom. The number of benzene rings is 1. The molecule has 24 heavy (non-hydrogen) atoms. The van der Waals surface area contributed by atoms with Crippen molar-refractivity contribution >= 4 is 23.0 Å². The zero-order chi connectivity index (χ0) is 17.4. The molecule has 1 aromatic rings. The molecule has 0 bridgehead atoms. The van der Waals surface area contributed by atoms with E-state index in [4.69, 9.17) is 17.0 Å². The van der Waals surface area contributed by atoms with E-state index in [1.54, 1.807) is 0 Å². The molecule has 1 saturated heterocycles. The Morgan fingerprint density at radius 3 is 2.50 bits per heavy atom. The van der Waals surface area contributed by atoms with E-state index in [-0.39, 0.29) is 0 Å². The van der Waals surface area contributed by atoms with E-state index in [2.05, 4.69) is 29.4 Å². The van der Waals surface area contributed by atoms with Crippen LogP contribution in [0.5, 0.6) is 5.75 Å². The fourth-order valence-corrected chi connectivity index (χ4v) is 3.68. The topological polar surface area (TPSA) is 36.5 Å². The van der Waals surface area contributed by atoms with Crippen molar-refractivity contribution < 1.29 is 4.74 Å². The van der Waals surface area contributed by atoms with Gasteiger partial charge in [0.25, 0.3) is 0 Å². The summed E-state index contributed by atoms with van der Waals surface area (Å²) in [7, 11) is 0. The van der Waals surface area contributed by atoms with Crippen LogP contribution >= 0.6 is 12.2 Å². The number of nitrogens with one attached hydrogen (secondary N) is 2. The number of hydrogen-bond donors (Lipinski definition) is 2. The van der Waals surface area contributed by atoms with E-state index < -0.39 is 0 Å². The minimum absolute atomic E-state index is 0.680. The number of ether oxygens (including phenoxy) is 1. The van der Waals surface area contributed by atoms with Crippen molar-refractivity contribution in [3.8, 4) is 5.75 Å². The van der Waals surface area contributed by atoms with Crippen LogP contribution in [0, 0.1) is 11.8 Å². The molecule has 0 amide bonds. The third-order valence-electron chi connectivity index (χ3n) is 4.30.